The highest BCUT2D eigenvalue weighted by Crippen LogP contribution is 2.25. The van der Waals surface area contributed by atoms with E-state index < -0.39 is 0 Å². The largest absolute Gasteiger partial charge is 0.339 e. The normalized spacial score (nSPS) is 11.3. The molecule has 20 heavy (non-hydrogen) atoms. The highest BCUT2D eigenvalue weighted by molar-refractivity contribution is 6.29. The summed E-state index contributed by atoms with van der Waals surface area (Å²) in [6.45, 7) is 9.47. The van der Waals surface area contributed by atoms with Crippen LogP contribution in [0, 0.1) is 0 Å². The maximum absolute atomic E-state index is 12.3. The third-order valence-electron chi connectivity index (χ3n) is 3.46. The number of hydrogen-bond donors (Lipinski definition) is 0. The average Bonchev–Trinajstić information content (AvgIpc) is 2.74. The molecule has 0 unspecified atom stereocenters. The Hall–Kier alpha value is -1.55. The third-order valence-corrected chi connectivity index (χ3v) is 3.73. The first-order valence-electron chi connectivity index (χ1n) is 6.96. The van der Waals surface area contributed by atoms with E-state index in [0.29, 0.717) is 23.9 Å². The summed E-state index contributed by atoms with van der Waals surface area (Å²) in [5, 5.41) is 0.461. The summed E-state index contributed by atoms with van der Waals surface area (Å²) in [6, 6.07) is 5.82. The van der Waals surface area contributed by atoms with Crippen LogP contribution in [0.5, 0.6) is 0 Å². The molecule has 0 saturated carbocycles. The summed E-state index contributed by atoms with van der Waals surface area (Å²) in [4.78, 5) is 18.5. The number of aromatic nitrogens is 2. The SMILES string of the molecule is CCN(CC)C(=O)c1ccc2c(c1)nc(Cl)n2C(C)C. The monoisotopic (exact) mass is 293 g/mol. The van der Waals surface area contributed by atoms with Gasteiger partial charge in [-0.2, -0.15) is 0 Å². The molecule has 1 aromatic heterocycles. The predicted molar refractivity (Wildman–Crippen MR) is 82.4 cm³/mol. The number of carbonyl (C=O) groups is 1. The van der Waals surface area contributed by atoms with Gasteiger partial charge in [0.05, 0.1) is 11.0 Å². The van der Waals surface area contributed by atoms with E-state index in [-0.39, 0.29) is 11.9 Å². The third kappa shape index (κ3) is 2.52. The lowest BCUT2D eigenvalue weighted by atomic mass is 10.1. The number of nitrogens with zero attached hydrogens (tertiary/aromatic N) is 3. The molecule has 2 rings (SSSR count). The zero-order valence-electron chi connectivity index (χ0n) is 12.4. The first-order valence-corrected chi connectivity index (χ1v) is 7.34. The van der Waals surface area contributed by atoms with E-state index in [1.165, 1.54) is 0 Å². The van der Waals surface area contributed by atoms with E-state index in [2.05, 4.69) is 18.8 Å². The Labute approximate surface area is 124 Å². The van der Waals surface area contributed by atoms with Crippen LogP contribution < -0.4 is 0 Å². The first-order chi connectivity index (χ1) is 9.49. The molecule has 0 radical (unpaired) electrons. The number of carbonyl (C=O) groups excluding carboxylic acids is 1. The maximum atomic E-state index is 12.3. The summed E-state index contributed by atoms with van der Waals surface area (Å²) >= 11 is 6.17. The Bertz CT molecular complexity index is 629. The van der Waals surface area contributed by atoms with Gasteiger partial charge < -0.3 is 9.47 Å². The number of benzene rings is 1. The Balaban J connectivity index is 2.48. The van der Waals surface area contributed by atoms with Crippen LogP contribution in [-0.4, -0.2) is 33.4 Å². The van der Waals surface area contributed by atoms with Gasteiger partial charge in [-0.05, 0) is 57.5 Å². The molecule has 0 aliphatic carbocycles. The van der Waals surface area contributed by atoms with Crippen LogP contribution in [-0.2, 0) is 0 Å². The quantitative estimate of drug-likeness (QED) is 0.861. The standard InChI is InChI=1S/C15H20ClN3O/c1-5-18(6-2)14(20)11-7-8-13-12(9-11)17-15(16)19(13)10(3)4/h7-10H,5-6H2,1-4H3. The van der Waals surface area contributed by atoms with E-state index in [9.17, 15) is 4.79 Å². The van der Waals surface area contributed by atoms with Crippen molar-refractivity contribution >= 4 is 28.5 Å². The van der Waals surface area contributed by atoms with Crippen LogP contribution in [0.25, 0.3) is 11.0 Å². The van der Waals surface area contributed by atoms with Gasteiger partial charge in [0.2, 0.25) is 5.28 Å². The van der Waals surface area contributed by atoms with Crippen molar-refractivity contribution in [2.45, 2.75) is 33.7 Å². The molecule has 1 amide bonds. The predicted octanol–water partition coefficient (Wildman–Crippen LogP) is 3.75. The van der Waals surface area contributed by atoms with E-state index in [1.807, 2.05) is 36.6 Å². The van der Waals surface area contributed by atoms with Gasteiger partial charge in [0.1, 0.15) is 0 Å². The fourth-order valence-electron chi connectivity index (χ4n) is 2.39. The van der Waals surface area contributed by atoms with Crippen molar-refractivity contribution in [2.24, 2.45) is 0 Å². The molecule has 0 saturated heterocycles. The van der Waals surface area contributed by atoms with Gasteiger partial charge in [-0.3, -0.25) is 4.79 Å². The van der Waals surface area contributed by atoms with Crippen LogP contribution in [0.15, 0.2) is 18.2 Å². The summed E-state index contributed by atoms with van der Waals surface area (Å²) in [7, 11) is 0. The smallest absolute Gasteiger partial charge is 0.253 e. The van der Waals surface area contributed by atoms with Crippen LogP contribution in [0.2, 0.25) is 5.28 Å². The van der Waals surface area contributed by atoms with Crippen molar-refractivity contribution in [3.8, 4) is 0 Å². The molecule has 0 fully saturated rings. The molecule has 4 nitrogen and oxygen atoms in total. The van der Waals surface area contributed by atoms with Crippen LogP contribution >= 0.6 is 11.6 Å². The second kappa shape index (κ2) is 5.83. The fourth-order valence-corrected chi connectivity index (χ4v) is 2.76. The lowest BCUT2D eigenvalue weighted by Gasteiger charge is -2.18. The number of hydrogen-bond acceptors (Lipinski definition) is 2. The van der Waals surface area contributed by atoms with Gasteiger partial charge in [0.25, 0.3) is 5.91 Å². The van der Waals surface area contributed by atoms with Crippen molar-refractivity contribution in [1.82, 2.24) is 14.5 Å². The molecule has 108 valence electrons. The molecule has 0 aliphatic rings. The number of halogens is 1. The molecule has 1 aromatic carbocycles. The number of imidazole rings is 1. The van der Waals surface area contributed by atoms with E-state index >= 15 is 0 Å². The van der Waals surface area contributed by atoms with Crippen LogP contribution in [0.3, 0.4) is 0 Å². The average molecular weight is 294 g/mol. The van der Waals surface area contributed by atoms with Crippen molar-refractivity contribution < 1.29 is 4.79 Å². The second-order valence-electron chi connectivity index (χ2n) is 5.03. The second-order valence-corrected chi connectivity index (χ2v) is 5.36. The van der Waals surface area contributed by atoms with Crippen molar-refractivity contribution in [1.29, 1.82) is 0 Å². The molecule has 0 bridgehead atoms. The van der Waals surface area contributed by atoms with Gasteiger partial charge in [-0.15, -0.1) is 0 Å². The van der Waals surface area contributed by atoms with Crippen LogP contribution in [0.1, 0.15) is 44.1 Å². The molecule has 5 heteroatoms. The zero-order valence-corrected chi connectivity index (χ0v) is 13.1. The lowest BCUT2D eigenvalue weighted by molar-refractivity contribution is 0.0773. The number of rotatable bonds is 4. The molecule has 0 aliphatic heterocycles. The molecule has 0 N–H and O–H groups in total. The summed E-state index contributed by atoms with van der Waals surface area (Å²) < 4.78 is 1.96. The van der Waals surface area contributed by atoms with Crippen molar-refractivity contribution in [2.75, 3.05) is 13.1 Å². The summed E-state index contributed by atoms with van der Waals surface area (Å²) in [6.07, 6.45) is 0. The van der Waals surface area contributed by atoms with E-state index in [1.54, 1.807) is 4.90 Å². The molecule has 2 aromatic rings. The van der Waals surface area contributed by atoms with Crippen molar-refractivity contribution in [3.05, 3.63) is 29.0 Å². The van der Waals surface area contributed by atoms with Gasteiger partial charge >= 0.3 is 0 Å². The molecular formula is C15H20ClN3O. The van der Waals surface area contributed by atoms with Gasteiger partial charge in [-0.1, -0.05) is 0 Å². The molecule has 1 heterocycles. The Kier molecular flexibility index (Phi) is 4.33. The summed E-state index contributed by atoms with van der Waals surface area (Å²) in [5.74, 6) is 0.0344. The minimum absolute atomic E-state index is 0.0344. The molecular weight excluding hydrogens is 274 g/mol. The summed E-state index contributed by atoms with van der Waals surface area (Å²) in [5.41, 5.74) is 2.38. The van der Waals surface area contributed by atoms with Crippen molar-refractivity contribution in [3.63, 3.8) is 0 Å². The number of fused-ring (bicyclic) bond motifs is 1. The van der Waals surface area contributed by atoms with Gasteiger partial charge in [0.15, 0.2) is 0 Å². The van der Waals surface area contributed by atoms with E-state index in [4.69, 9.17) is 11.6 Å². The Morgan fingerprint density at radius 2 is 2.00 bits per heavy atom. The molecule has 0 spiro atoms. The Morgan fingerprint density at radius 1 is 1.35 bits per heavy atom. The van der Waals surface area contributed by atoms with Crippen LogP contribution in [0.4, 0.5) is 0 Å². The maximum Gasteiger partial charge on any atom is 0.253 e. The molecule has 0 atom stereocenters. The number of amides is 1. The van der Waals surface area contributed by atoms with E-state index in [0.717, 1.165) is 11.0 Å². The first kappa shape index (κ1) is 14.9. The highest BCUT2D eigenvalue weighted by atomic mass is 35.5. The minimum atomic E-state index is 0.0344. The van der Waals surface area contributed by atoms with Gasteiger partial charge in [-0.25, -0.2) is 4.98 Å². The Morgan fingerprint density at radius 3 is 2.55 bits per heavy atom. The zero-order chi connectivity index (χ0) is 14.9. The topological polar surface area (TPSA) is 38.1 Å². The lowest BCUT2D eigenvalue weighted by Crippen LogP contribution is -2.30. The minimum Gasteiger partial charge on any atom is -0.339 e. The van der Waals surface area contributed by atoms with Gasteiger partial charge in [0, 0.05) is 24.7 Å². The highest BCUT2D eigenvalue weighted by Gasteiger charge is 2.16. The fraction of sp³-hybridized carbons (Fsp3) is 0.467.